The summed E-state index contributed by atoms with van der Waals surface area (Å²) in [5, 5.41) is 1.15. The molecule has 0 aliphatic carbocycles. The van der Waals surface area contributed by atoms with E-state index >= 15 is 0 Å². The quantitative estimate of drug-likeness (QED) is 0.0674. The Kier molecular flexibility index (Phi) is 15.6. The van der Waals surface area contributed by atoms with Gasteiger partial charge < -0.3 is 0 Å². The van der Waals surface area contributed by atoms with E-state index in [-0.39, 0.29) is 5.78 Å². The number of benzene rings is 6. The Bertz CT molecular complexity index is 2870. The normalized spacial score (nSPS) is 13.4. The zero-order chi connectivity index (χ0) is 57.9. The first kappa shape index (κ1) is 59.0. The number of carbonyl (C=O) groups excluding carboxylic acids is 1. The van der Waals surface area contributed by atoms with Crippen LogP contribution in [0.4, 0.5) is 105 Å². The summed E-state index contributed by atoms with van der Waals surface area (Å²) < 4.78 is 343. The highest BCUT2D eigenvalue weighted by atomic mass is 19.4. The Morgan fingerprint density at radius 3 is 0.870 bits per heavy atom. The van der Waals surface area contributed by atoms with Crippen molar-refractivity contribution >= 4 is 44.7 Å². The molecule has 0 saturated carbocycles. The summed E-state index contributed by atoms with van der Waals surface area (Å²) in [6.07, 6.45) is -54.8. The van der Waals surface area contributed by atoms with Gasteiger partial charge in [0.15, 0.2) is 6.54 Å². The molecule has 2 nitrogen and oxygen atoms in total. The molecule has 0 aliphatic heterocycles. The van der Waals surface area contributed by atoms with E-state index in [1.165, 1.54) is 5.56 Å². The molecule has 410 valence electrons. The molecule has 0 fully saturated rings. The second-order valence-electron chi connectivity index (χ2n) is 17.1. The minimum atomic E-state index is -6.13. The Balaban J connectivity index is 0.000000397. The molecule has 0 radical (unpaired) electrons. The fourth-order valence-corrected chi connectivity index (χ4v) is 8.58. The van der Waals surface area contributed by atoms with E-state index in [9.17, 15) is 110 Å². The fourth-order valence-electron chi connectivity index (χ4n) is 8.58. The topological polar surface area (TPSA) is 20.9 Å². The summed E-state index contributed by atoms with van der Waals surface area (Å²) in [5.74, 6) is 0.0895. The van der Waals surface area contributed by atoms with Gasteiger partial charge in [0.2, 0.25) is 17.0 Å². The standard InChI is InChI=1S/C32H12BF24.C18H16NO/c34-25(35,36)13-1-14(26(37,38)39)6-21(5-13)33(22-7-15(27(40,41)42)2-16(8-22)28(43,44)45,23-9-17(29(46,47)48)3-18(10-23)30(49,50)51)24-11-19(31(52,53)54)4-20(12-24)32(55,56)57;1-14(20)17-12-11-16-9-5-6-10-18(16)19(17)13-15-7-3-2-4-8-15/h1-12H;2-12H,13H2,1H3/q-1;+1. The highest BCUT2D eigenvalue weighted by molar-refractivity contribution is 7.20. The van der Waals surface area contributed by atoms with Gasteiger partial charge in [0.1, 0.15) is 6.15 Å². The lowest BCUT2D eigenvalue weighted by Gasteiger charge is -2.46. The number of fused-ring (bicyclic) bond motifs is 1. The molecule has 1 heterocycles. The SMILES string of the molecule is CC(=O)c1ccc2ccccc2[n+]1Cc1ccccc1.FC(F)(F)c1cc([B-](c2cc(C(F)(F)F)cc(C(F)(F)F)c2)(c2cc(C(F)(F)F)cc(C(F)(F)F)c2)c2cc(C(F)(F)F)cc(C(F)(F)F)c2)cc(C(F)(F)F)c1. The minimum Gasteiger partial charge on any atom is -0.288 e. The van der Waals surface area contributed by atoms with Crippen LogP contribution in [-0.2, 0) is 56.0 Å². The van der Waals surface area contributed by atoms with E-state index in [4.69, 9.17) is 0 Å². The van der Waals surface area contributed by atoms with Crippen LogP contribution in [0, 0.1) is 0 Å². The average molecular weight is 1130 g/mol. The van der Waals surface area contributed by atoms with E-state index in [2.05, 4.69) is 28.8 Å². The molecule has 7 aromatic rings. The van der Waals surface area contributed by atoms with Gasteiger partial charge in [0.25, 0.3) is 0 Å². The number of carbonyl (C=O) groups is 1. The van der Waals surface area contributed by atoms with Gasteiger partial charge in [-0.25, -0.2) is 0 Å². The van der Waals surface area contributed by atoms with Crippen LogP contribution in [0.25, 0.3) is 10.9 Å². The number of aromatic nitrogens is 1. The number of para-hydroxylation sites is 1. The van der Waals surface area contributed by atoms with Crippen molar-refractivity contribution in [3.05, 3.63) is 195 Å². The molecule has 77 heavy (non-hydrogen) atoms. The first-order chi connectivity index (χ1) is 35.0. The molecule has 0 aliphatic rings. The van der Waals surface area contributed by atoms with Crippen LogP contribution in [0.1, 0.15) is 67.5 Å². The average Bonchev–Trinajstić information content (AvgIpc) is 3.30. The predicted molar refractivity (Wildman–Crippen MR) is 230 cm³/mol. The Hall–Kier alpha value is -7.22. The van der Waals surface area contributed by atoms with Crippen molar-refractivity contribution in [3.8, 4) is 0 Å². The largest absolute Gasteiger partial charge is 0.416 e. The zero-order valence-electron chi connectivity index (χ0n) is 38.0. The van der Waals surface area contributed by atoms with Crippen molar-refractivity contribution in [2.45, 2.75) is 62.9 Å². The first-order valence-electron chi connectivity index (χ1n) is 21.3. The number of pyridine rings is 1. The van der Waals surface area contributed by atoms with Gasteiger partial charge in [-0.15, -0.1) is 0 Å². The molecular formula is C50H28BF24NO. The molecule has 0 atom stereocenters. The third-order valence-electron chi connectivity index (χ3n) is 11.9. The molecular weight excluding hydrogens is 1100 g/mol. The van der Waals surface area contributed by atoms with Crippen molar-refractivity contribution in [3.63, 3.8) is 0 Å². The summed E-state index contributed by atoms with van der Waals surface area (Å²) in [4.78, 5) is 11.9. The summed E-state index contributed by atoms with van der Waals surface area (Å²) in [5.41, 5.74) is -27.2. The molecule has 0 spiro atoms. The number of alkyl halides is 24. The zero-order valence-corrected chi connectivity index (χ0v) is 38.0. The fraction of sp³-hybridized carbons (Fsp3) is 0.200. The lowest BCUT2D eigenvalue weighted by atomic mass is 9.12. The third kappa shape index (κ3) is 13.1. The van der Waals surface area contributed by atoms with Crippen molar-refractivity contribution in [2.75, 3.05) is 0 Å². The second-order valence-corrected chi connectivity index (χ2v) is 17.1. The molecule has 6 aromatic carbocycles. The monoisotopic (exact) mass is 1130 g/mol. The lowest BCUT2D eigenvalue weighted by Crippen LogP contribution is -2.75. The smallest absolute Gasteiger partial charge is 0.288 e. The molecule has 27 heteroatoms. The van der Waals surface area contributed by atoms with Gasteiger partial charge in [0, 0.05) is 30.0 Å². The van der Waals surface area contributed by atoms with Gasteiger partial charge in [-0.1, -0.05) is 91.0 Å². The molecule has 7 rings (SSSR count). The van der Waals surface area contributed by atoms with E-state index in [1.807, 2.05) is 42.5 Å². The van der Waals surface area contributed by atoms with Crippen molar-refractivity contribution in [1.29, 1.82) is 0 Å². The Morgan fingerprint density at radius 1 is 0.351 bits per heavy atom. The van der Waals surface area contributed by atoms with Crippen LogP contribution in [0.15, 0.2) is 140 Å². The molecule has 0 amide bonds. The number of nitrogens with zero attached hydrogens (tertiary/aromatic N) is 1. The minimum absolute atomic E-state index is 0.0895. The van der Waals surface area contributed by atoms with Gasteiger partial charge in [-0.2, -0.15) is 132 Å². The van der Waals surface area contributed by atoms with E-state index in [0.29, 0.717) is 6.54 Å². The number of ketones is 1. The number of rotatable bonds is 7. The molecule has 0 N–H and O–H groups in total. The molecule has 0 bridgehead atoms. The molecule has 1 aromatic heterocycles. The van der Waals surface area contributed by atoms with Crippen molar-refractivity contribution in [1.82, 2.24) is 0 Å². The van der Waals surface area contributed by atoms with E-state index in [0.717, 1.165) is 16.6 Å². The lowest BCUT2D eigenvalue weighted by molar-refractivity contribution is -0.664. The number of halogens is 24. The second kappa shape index (κ2) is 20.3. The maximum atomic E-state index is 14.2. The van der Waals surface area contributed by atoms with Crippen LogP contribution in [-0.4, -0.2) is 11.9 Å². The number of Topliss-reactive ketones (excluding diaryl/α,β-unsaturated/α-hetero) is 1. The summed E-state index contributed by atoms with van der Waals surface area (Å²) in [7, 11) is 0. The van der Waals surface area contributed by atoms with Crippen molar-refractivity contribution in [2.24, 2.45) is 0 Å². The summed E-state index contributed by atoms with van der Waals surface area (Å²) >= 11 is 0. The highest BCUT2D eigenvalue weighted by Crippen LogP contribution is 2.41. The van der Waals surface area contributed by atoms with Crippen LogP contribution < -0.4 is 26.4 Å². The Morgan fingerprint density at radius 2 is 0.610 bits per heavy atom. The van der Waals surface area contributed by atoms with Crippen LogP contribution in [0.3, 0.4) is 0 Å². The van der Waals surface area contributed by atoms with Crippen LogP contribution in [0.5, 0.6) is 0 Å². The van der Waals surface area contributed by atoms with Gasteiger partial charge in [0.05, 0.1) is 44.5 Å². The number of hydrogen-bond donors (Lipinski definition) is 0. The van der Waals surface area contributed by atoms with Gasteiger partial charge >= 0.3 is 49.4 Å². The van der Waals surface area contributed by atoms with Gasteiger partial charge in [-0.3, -0.25) is 4.79 Å². The molecule has 0 saturated heterocycles. The number of hydrogen-bond acceptors (Lipinski definition) is 1. The van der Waals surface area contributed by atoms with E-state index < -0.39 is 195 Å². The summed E-state index contributed by atoms with van der Waals surface area (Å²) in [6.45, 7) is 2.32. The van der Waals surface area contributed by atoms with Crippen molar-refractivity contribution < 1.29 is 115 Å². The summed E-state index contributed by atoms with van der Waals surface area (Å²) in [6, 6.07) is 13.5. The highest BCUT2D eigenvalue weighted by Gasteiger charge is 2.47. The maximum Gasteiger partial charge on any atom is 0.416 e. The predicted octanol–water partition coefficient (Wildman–Crippen LogP) is 14.6. The van der Waals surface area contributed by atoms with Crippen LogP contribution >= 0.6 is 0 Å². The Labute approximate surface area is 417 Å². The first-order valence-corrected chi connectivity index (χ1v) is 21.3. The van der Waals surface area contributed by atoms with Gasteiger partial charge in [-0.05, 0) is 36.4 Å². The maximum absolute atomic E-state index is 14.2. The van der Waals surface area contributed by atoms with Crippen LogP contribution in [0.2, 0.25) is 0 Å². The molecule has 0 unspecified atom stereocenters. The van der Waals surface area contributed by atoms with E-state index in [1.54, 1.807) is 6.92 Å². The third-order valence-corrected chi connectivity index (χ3v) is 11.9.